The van der Waals surface area contributed by atoms with Crippen LogP contribution < -0.4 is 5.32 Å². The molecule has 0 bridgehead atoms. The molecule has 0 aliphatic carbocycles. The molecule has 16 heavy (non-hydrogen) atoms. The number of aromatic nitrogens is 1. The van der Waals surface area contributed by atoms with E-state index in [1.165, 1.54) is 5.56 Å². The summed E-state index contributed by atoms with van der Waals surface area (Å²) in [5, 5.41) is 5.87. The molecular formula is C12H10N2OS. The first-order valence-electron chi connectivity index (χ1n) is 5.15. The molecule has 0 saturated heterocycles. The van der Waals surface area contributed by atoms with E-state index in [0.717, 1.165) is 22.7 Å². The van der Waals surface area contributed by atoms with E-state index in [2.05, 4.69) is 16.4 Å². The second-order valence-electron chi connectivity index (χ2n) is 3.76. The molecule has 2 heterocycles. The van der Waals surface area contributed by atoms with E-state index < -0.39 is 0 Å². The zero-order valence-corrected chi connectivity index (χ0v) is 9.38. The number of carbonyl (C=O) groups is 1. The zero-order valence-electron chi connectivity index (χ0n) is 8.56. The highest BCUT2D eigenvalue weighted by atomic mass is 32.1. The number of nitrogens with one attached hydrogen (secondary N) is 1. The molecule has 1 aromatic carbocycles. The Bertz CT molecular complexity index is 534. The summed E-state index contributed by atoms with van der Waals surface area (Å²) >= 11 is 1.63. The van der Waals surface area contributed by atoms with Gasteiger partial charge in [0.05, 0.1) is 0 Å². The van der Waals surface area contributed by atoms with Gasteiger partial charge >= 0.3 is 0 Å². The molecule has 0 unspecified atom stereocenters. The van der Waals surface area contributed by atoms with Gasteiger partial charge in [0.25, 0.3) is 0 Å². The summed E-state index contributed by atoms with van der Waals surface area (Å²) in [7, 11) is 0. The number of nitrogens with zero attached hydrogens (tertiary/aromatic N) is 1. The second kappa shape index (κ2) is 3.72. The minimum absolute atomic E-state index is 0.106. The van der Waals surface area contributed by atoms with Gasteiger partial charge in [-0.25, -0.2) is 4.98 Å². The molecule has 0 spiro atoms. The SMILES string of the molecule is O=C1CCc2cc(-c3nccs3)ccc2N1. The fraction of sp³-hybridized carbons (Fsp3) is 0.167. The van der Waals surface area contributed by atoms with Crippen LogP contribution in [-0.4, -0.2) is 10.9 Å². The van der Waals surface area contributed by atoms with Crippen molar-refractivity contribution < 1.29 is 4.79 Å². The smallest absolute Gasteiger partial charge is 0.224 e. The number of thiazole rings is 1. The number of rotatable bonds is 1. The molecule has 0 fully saturated rings. The summed E-state index contributed by atoms with van der Waals surface area (Å²) in [6.07, 6.45) is 3.20. The number of fused-ring (bicyclic) bond motifs is 1. The van der Waals surface area contributed by atoms with Crippen LogP contribution in [0.25, 0.3) is 10.6 Å². The van der Waals surface area contributed by atoms with Crippen LogP contribution in [0.2, 0.25) is 0 Å². The number of anilines is 1. The zero-order chi connectivity index (χ0) is 11.0. The monoisotopic (exact) mass is 230 g/mol. The third-order valence-electron chi connectivity index (χ3n) is 2.68. The number of benzene rings is 1. The Morgan fingerprint density at radius 2 is 2.25 bits per heavy atom. The largest absolute Gasteiger partial charge is 0.326 e. The van der Waals surface area contributed by atoms with Crippen LogP contribution in [0.5, 0.6) is 0 Å². The van der Waals surface area contributed by atoms with Crippen molar-refractivity contribution in [2.45, 2.75) is 12.8 Å². The third-order valence-corrected chi connectivity index (χ3v) is 3.50. The van der Waals surface area contributed by atoms with E-state index in [1.54, 1.807) is 17.5 Å². The molecule has 3 nitrogen and oxygen atoms in total. The van der Waals surface area contributed by atoms with Gasteiger partial charge in [0.2, 0.25) is 5.91 Å². The van der Waals surface area contributed by atoms with Gasteiger partial charge in [-0.3, -0.25) is 4.79 Å². The molecule has 0 saturated carbocycles. The van der Waals surface area contributed by atoms with Gasteiger partial charge in [-0.1, -0.05) is 0 Å². The Kier molecular flexibility index (Phi) is 2.22. The lowest BCUT2D eigenvalue weighted by Gasteiger charge is -2.16. The Morgan fingerprint density at radius 1 is 1.31 bits per heavy atom. The van der Waals surface area contributed by atoms with E-state index in [-0.39, 0.29) is 5.91 Å². The fourth-order valence-corrected chi connectivity index (χ4v) is 2.52. The molecule has 1 N–H and O–H groups in total. The minimum Gasteiger partial charge on any atom is -0.326 e. The molecule has 2 aromatic rings. The van der Waals surface area contributed by atoms with Gasteiger partial charge in [-0.05, 0) is 30.2 Å². The number of hydrogen-bond donors (Lipinski definition) is 1. The van der Waals surface area contributed by atoms with Crippen molar-refractivity contribution in [3.8, 4) is 10.6 Å². The average Bonchev–Trinajstić information content (AvgIpc) is 2.82. The second-order valence-corrected chi connectivity index (χ2v) is 4.65. The molecule has 1 aliphatic rings. The highest BCUT2D eigenvalue weighted by Crippen LogP contribution is 2.29. The van der Waals surface area contributed by atoms with Crippen LogP contribution in [0.4, 0.5) is 5.69 Å². The molecule has 1 aliphatic heterocycles. The molecule has 1 aromatic heterocycles. The van der Waals surface area contributed by atoms with Gasteiger partial charge < -0.3 is 5.32 Å². The molecule has 4 heteroatoms. The number of aryl methyl sites for hydroxylation is 1. The third kappa shape index (κ3) is 1.61. The standard InChI is InChI=1S/C12H10N2OS/c15-11-4-2-8-7-9(1-3-10(8)14-11)12-13-5-6-16-12/h1,3,5-7H,2,4H2,(H,14,15). The molecule has 80 valence electrons. The van der Waals surface area contributed by atoms with Crippen LogP contribution in [-0.2, 0) is 11.2 Å². The molecule has 1 amide bonds. The highest BCUT2D eigenvalue weighted by Gasteiger charge is 2.15. The first-order valence-corrected chi connectivity index (χ1v) is 6.03. The quantitative estimate of drug-likeness (QED) is 0.818. The van der Waals surface area contributed by atoms with E-state index in [4.69, 9.17) is 0 Å². The first-order chi connectivity index (χ1) is 7.83. The maximum absolute atomic E-state index is 11.2. The van der Waals surface area contributed by atoms with E-state index >= 15 is 0 Å². The van der Waals surface area contributed by atoms with Gasteiger partial charge in [0.15, 0.2) is 0 Å². The highest BCUT2D eigenvalue weighted by molar-refractivity contribution is 7.13. The van der Waals surface area contributed by atoms with Crippen molar-refractivity contribution in [3.05, 3.63) is 35.3 Å². The van der Waals surface area contributed by atoms with E-state index in [1.807, 2.05) is 17.5 Å². The summed E-state index contributed by atoms with van der Waals surface area (Å²) in [4.78, 5) is 15.5. The van der Waals surface area contributed by atoms with Crippen LogP contribution in [0.1, 0.15) is 12.0 Å². The predicted octanol–water partition coefficient (Wildman–Crippen LogP) is 2.69. The van der Waals surface area contributed by atoms with Crippen molar-refractivity contribution in [2.24, 2.45) is 0 Å². The Morgan fingerprint density at radius 3 is 3.06 bits per heavy atom. The van der Waals surface area contributed by atoms with E-state index in [9.17, 15) is 4.79 Å². The number of carbonyl (C=O) groups excluding carboxylic acids is 1. The Balaban J connectivity index is 2.03. The first kappa shape index (κ1) is 9.54. The Hall–Kier alpha value is -1.68. The summed E-state index contributed by atoms with van der Waals surface area (Å²) in [5.74, 6) is 0.106. The van der Waals surface area contributed by atoms with Crippen molar-refractivity contribution in [1.29, 1.82) is 0 Å². The van der Waals surface area contributed by atoms with Crippen LogP contribution >= 0.6 is 11.3 Å². The van der Waals surface area contributed by atoms with Gasteiger partial charge in [0.1, 0.15) is 5.01 Å². The summed E-state index contributed by atoms with van der Waals surface area (Å²) < 4.78 is 0. The van der Waals surface area contributed by atoms with Crippen molar-refractivity contribution >= 4 is 22.9 Å². The lowest BCUT2D eigenvalue weighted by molar-refractivity contribution is -0.116. The van der Waals surface area contributed by atoms with Crippen LogP contribution in [0.15, 0.2) is 29.8 Å². The van der Waals surface area contributed by atoms with Gasteiger partial charge in [0, 0.05) is 29.2 Å². The topological polar surface area (TPSA) is 42.0 Å². The fourth-order valence-electron chi connectivity index (χ4n) is 1.88. The molecule has 0 radical (unpaired) electrons. The van der Waals surface area contributed by atoms with Crippen LogP contribution in [0.3, 0.4) is 0 Å². The van der Waals surface area contributed by atoms with Crippen molar-refractivity contribution in [1.82, 2.24) is 4.98 Å². The average molecular weight is 230 g/mol. The molecule has 0 atom stereocenters. The van der Waals surface area contributed by atoms with Crippen molar-refractivity contribution in [2.75, 3.05) is 5.32 Å². The maximum atomic E-state index is 11.2. The van der Waals surface area contributed by atoms with Crippen LogP contribution in [0, 0.1) is 0 Å². The Labute approximate surface area is 97.1 Å². The summed E-state index contributed by atoms with van der Waals surface area (Å²) in [6.45, 7) is 0. The van der Waals surface area contributed by atoms with Crippen molar-refractivity contribution in [3.63, 3.8) is 0 Å². The molecule has 3 rings (SSSR count). The lowest BCUT2D eigenvalue weighted by Crippen LogP contribution is -2.18. The minimum atomic E-state index is 0.106. The predicted molar refractivity (Wildman–Crippen MR) is 64.5 cm³/mol. The number of amides is 1. The van der Waals surface area contributed by atoms with Gasteiger partial charge in [-0.2, -0.15) is 0 Å². The maximum Gasteiger partial charge on any atom is 0.224 e. The van der Waals surface area contributed by atoms with Gasteiger partial charge in [-0.15, -0.1) is 11.3 Å². The van der Waals surface area contributed by atoms with E-state index in [0.29, 0.717) is 6.42 Å². The molecular weight excluding hydrogens is 220 g/mol. The summed E-state index contributed by atoms with van der Waals surface area (Å²) in [5.41, 5.74) is 3.27. The lowest BCUT2D eigenvalue weighted by atomic mass is 10.0. The number of hydrogen-bond acceptors (Lipinski definition) is 3. The summed E-state index contributed by atoms with van der Waals surface area (Å²) in [6, 6.07) is 6.08. The normalized spacial score (nSPS) is 14.4.